The van der Waals surface area contributed by atoms with Crippen molar-refractivity contribution in [2.75, 3.05) is 7.05 Å². The number of nitrogens with zero attached hydrogens (tertiary/aromatic N) is 2. The molecule has 3 nitrogen and oxygen atoms in total. The SMILES string of the molecule is C#Cc1ccc2c(c1)C(c1ccccc1)=NC(C)C(NC)=N2. The zero-order chi connectivity index (χ0) is 15.5. The number of hydrogen-bond acceptors (Lipinski definition) is 3. The molecule has 1 N–H and O–H groups in total. The van der Waals surface area contributed by atoms with Crippen LogP contribution in [0.4, 0.5) is 5.69 Å². The number of fused-ring (bicyclic) bond motifs is 1. The molecule has 2 aromatic carbocycles. The Morgan fingerprint density at radius 3 is 2.59 bits per heavy atom. The molecule has 0 saturated heterocycles. The molecule has 1 aliphatic rings. The summed E-state index contributed by atoms with van der Waals surface area (Å²) in [7, 11) is 1.87. The lowest BCUT2D eigenvalue weighted by Gasteiger charge is -2.10. The van der Waals surface area contributed by atoms with Gasteiger partial charge in [-0.05, 0) is 25.1 Å². The Bertz CT molecular complexity index is 795. The van der Waals surface area contributed by atoms with Crippen LogP contribution >= 0.6 is 0 Å². The number of terminal acetylenes is 1. The topological polar surface area (TPSA) is 36.8 Å². The first-order chi connectivity index (χ1) is 10.7. The van der Waals surface area contributed by atoms with Crippen LogP contribution < -0.4 is 5.32 Å². The van der Waals surface area contributed by atoms with E-state index in [0.717, 1.165) is 33.9 Å². The molecule has 0 amide bonds. The van der Waals surface area contributed by atoms with Crippen LogP contribution in [-0.4, -0.2) is 24.6 Å². The van der Waals surface area contributed by atoms with E-state index in [4.69, 9.17) is 16.4 Å². The van der Waals surface area contributed by atoms with Gasteiger partial charge in [0.1, 0.15) is 11.9 Å². The third-order valence-corrected chi connectivity index (χ3v) is 3.68. The Hall–Kier alpha value is -2.86. The van der Waals surface area contributed by atoms with Crippen molar-refractivity contribution in [1.82, 2.24) is 5.32 Å². The van der Waals surface area contributed by atoms with Gasteiger partial charge >= 0.3 is 0 Å². The highest BCUT2D eigenvalue weighted by atomic mass is 15.0. The van der Waals surface area contributed by atoms with E-state index in [0.29, 0.717) is 0 Å². The molecule has 1 aliphatic heterocycles. The molecule has 1 unspecified atom stereocenters. The molecule has 1 atom stereocenters. The Balaban J connectivity index is 2.26. The first-order valence-electron chi connectivity index (χ1n) is 7.23. The molecule has 0 radical (unpaired) electrons. The quantitative estimate of drug-likeness (QED) is 0.804. The van der Waals surface area contributed by atoms with Crippen LogP contribution in [0.2, 0.25) is 0 Å². The summed E-state index contributed by atoms with van der Waals surface area (Å²) >= 11 is 0. The maximum atomic E-state index is 5.55. The lowest BCUT2D eigenvalue weighted by atomic mass is 9.98. The van der Waals surface area contributed by atoms with E-state index >= 15 is 0 Å². The average Bonchev–Trinajstić information content (AvgIpc) is 2.71. The fourth-order valence-electron chi connectivity index (χ4n) is 2.55. The third kappa shape index (κ3) is 2.51. The highest BCUT2D eigenvalue weighted by Crippen LogP contribution is 2.27. The summed E-state index contributed by atoms with van der Waals surface area (Å²) < 4.78 is 0. The van der Waals surface area contributed by atoms with Gasteiger partial charge in [-0.1, -0.05) is 36.3 Å². The number of likely N-dealkylation sites (N-methyl/N-ethyl adjacent to an activating group) is 1. The number of nitrogens with one attached hydrogen (secondary N) is 1. The van der Waals surface area contributed by atoms with Crippen LogP contribution in [0.25, 0.3) is 0 Å². The number of amidine groups is 1. The van der Waals surface area contributed by atoms with Crippen LogP contribution in [0.1, 0.15) is 23.6 Å². The summed E-state index contributed by atoms with van der Waals surface area (Å²) in [5.74, 6) is 3.53. The molecule has 3 rings (SSSR count). The predicted molar refractivity (Wildman–Crippen MR) is 92.1 cm³/mol. The summed E-state index contributed by atoms with van der Waals surface area (Å²) in [5, 5.41) is 3.14. The normalized spacial score (nSPS) is 16.7. The smallest absolute Gasteiger partial charge is 0.127 e. The maximum Gasteiger partial charge on any atom is 0.127 e. The van der Waals surface area contributed by atoms with Gasteiger partial charge in [-0.25, -0.2) is 4.99 Å². The van der Waals surface area contributed by atoms with Crippen molar-refractivity contribution in [3.05, 3.63) is 65.2 Å². The fraction of sp³-hybridized carbons (Fsp3) is 0.158. The Labute approximate surface area is 130 Å². The minimum atomic E-state index is -0.0399. The van der Waals surface area contributed by atoms with Gasteiger partial charge in [-0.3, -0.25) is 4.99 Å². The molecule has 0 bridgehead atoms. The van der Waals surface area contributed by atoms with Crippen molar-refractivity contribution >= 4 is 17.2 Å². The van der Waals surface area contributed by atoms with E-state index in [1.54, 1.807) is 0 Å². The van der Waals surface area contributed by atoms with Crippen LogP contribution in [0.15, 0.2) is 58.5 Å². The van der Waals surface area contributed by atoms with E-state index in [1.165, 1.54) is 0 Å². The summed E-state index contributed by atoms with van der Waals surface area (Å²) in [4.78, 5) is 9.58. The minimum Gasteiger partial charge on any atom is -0.375 e. The van der Waals surface area contributed by atoms with Gasteiger partial charge in [0.2, 0.25) is 0 Å². The largest absolute Gasteiger partial charge is 0.375 e. The predicted octanol–water partition coefficient (Wildman–Crippen LogP) is 3.16. The summed E-state index contributed by atoms with van der Waals surface area (Å²) in [6.07, 6.45) is 5.55. The number of rotatable bonds is 1. The molecule has 1 heterocycles. The van der Waals surface area contributed by atoms with E-state index in [-0.39, 0.29) is 6.04 Å². The lowest BCUT2D eigenvalue weighted by molar-refractivity contribution is 0.921. The van der Waals surface area contributed by atoms with Crippen LogP contribution in [0, 0.1) is 12.3 Å². The van der Waals surface area contributed by atoms with Gasteiger partial charge < -0.3 is 5.32 Å². The maximum absolute atomic E-state index is 5.55. The Morgan fingerprint density at radius 2 is 1.91 bits per heavy atom. The van der Waals surface area contributed by atoms with Gasteiger partial charge in [0.05, 0.1) is 11.4 Å². The van der Waals surface area contributed by atoms with Gasteiger partial charge in [-0.15, -0.1) is 6.42 Å². The molecule has 108 valence electrons. The van der Waals surface area contributed by atoms with Crippen molar-refractivity contribution in [2.24, 2.45) is 9.98 Å². The van der Waals surface area contributed by atoms with Crippen molar-refractivity contribution in [3.8, 4) is 12.3 Å². The first-order valence-corrected chi connectivity index (χ1v) is 7.23. The lowest BCUT2D eigenvalue weighted by Crippen LogP contribution is -2.28. The zero-order valence-electron chi connectivity index (χ0n) is 12.7. The second kappa shape index (κ2) is 5.87. The molecule has 22 heavy (non-hydrogen) atoms. The molecule has 2 aromatic rings. The molecule has 0 fully saturated rings. The molecule has 3 heteroatoms. The highest BCUT2D eigenvalue weighted by Gasteiger charge is 2.20. The van der Waals surface area contributed by atoms with Crippen molar-refractivity contribution in [1.29, 1.82) is 0 Å². The fourth-order valence-corrected chi connectivity index (χ4v) is 2.55. The van der Waals surface area contributed by atoms with Gasteiger partial charge in [0.25, 0.3) is 0 Å². The first kappa shape index (κ1) is 14.1. The van der Waals surface area contributed by atoms with Crippen LogP contribution in [0.5, 0.6) is 0 Å². The zero-order valence-corrected chi connectivity index (χ0v) is 12.7. The molecular weight excluding hydrogens is 270 g/mol. The monoisotopic (exact) mass is 287 g/mol. The summed E-state index contributed by atoms with van der Waals surface area (Å²) in [5.41, 5.74) is 4.68. The molecular formula is C19H17N3. The highest BCUT2D eigenvalue weighted by molar-refractivity contribution is 6.17. The standard InChI is InChI=1S/C19H17N3/c1-4-14-10-11-17-16(12-14)18(15-8-6-5-7-9-15)21-13(2)19(20-3)22-17/h1,5-13H,2-3H3,(H,20,22). The number of aliphatic imine (C=N–C) groups is 2. The van der Waals surface area contributed by atoms with Crippen molar-refractivity contribution < 1.29 is 0 Å². The van der Waals surface area contributed by atoms with Crippen molar-refractivity contribution in [2.45, 2.75) is 13.0 Å². The molecule has 0 spiro atoms. The van der Waals surface area contributed by atoms with Crippen LogP contribution in [0.3, 0.4) is 0 Å². The van der Waals surface area contributed by atoms with Gasteiger partial charge in [-0.2, -0.15) is 0 Å². The molecule has 0 aromatic heterocycles. The number of hydrogen-bond donors (Lipinski definition) is 1. The molecule has 0 saturated carbocycles. The Morgan fingerprint density at radius 1 is 1.14 bits per heavy atom. The Kier molecular flexibility index (Phi) is 3.76. The summed E-state index contributed by atoms with van der Waals surface area (Å²) in [6, 6.07) is 15.9. The molecule has 0 aliphatic carbocycles. The van der Waals surface area contributed by atoms with E-state index < -0.39 is 0 Å². The third-order valence-electron chi connectivity index (χ3n) is 3.68. The minimum absolute atomic E-state index is 0.0399. The second-order valence-corrected chi connectivity index (χ2v) is 5.14. The number of benzene rings is 2. The second-order valence-electron chi connectivity index (χ2n) is 5.14. The van der Waals surface area contributed by atoms with Gasteiger partial charge in [0, 0.05) is 23.7 Å². The van der Waals surface area contributed by atoms with Crippen LogP contribution in [-0.2, 0) is 0 Å². The van der Waals surface area contributed by atoms with E-state index in [9.17, 15) is 0 Å². The summed E-state index contributed by atoms with van der Waals surface area (Å²) in [6.45, 7) is 2.03. The average molecular weight is 287 g/mol. The van der Waals surface area contributed by atoms with E-state index in [2.05, 4.69) is 23.4 Å². The van der Waals surface area contributed by atoms with Gasteiger partial charge in [0.15, 0.2) is 0 Å². The van der Waals surface area contributed by atoms with E-state index in [1.807, 2.05) is 50.4 Å². The van der Waals surface area contributed by atoms with Crippen molar-refractivity contribution in [3.63, 3.8) is 0 Å².